The van der Waals surface area contributed by atoms with Gasteiger partial charge in [0.2, 0.25) is 0 Å². The van der Waals surface area contributed by atoms with Crippen LogP contribution in [-0.4, -0.2) is 15.2 Å². The van der Waals surface area contributed by atoms with Crippen LogP contribution in [0.15, 0.2) is 18.2 Å². The van der Waals surface area contributed by atoms with Crippen molar-refractivity contribution >= 4 is 13.3 Å². The molecule has 1 aromatic rings. The van der Waals surface area contributed by atoms with Crippen molar-refractivity contribution in [1.82, 2.24) is 0 Å². The molecule has 1 rings (SSSR count). The van der Waals surface area contributed by atoms with Crippen molar-refractivity contribution in [2.75, 3.05) is 7.11 Å². The van der Waals surface area contributed by atoms with Crippen molar-refractivity contribution in [2.45, 2.75) is 26.6 Å². The van der Waals surface area contributed by atoms with Gasteiger partial charge in [-0.25, -0.2) is 0 Å². The number of aryl methyl sites for hydroxylation is 1. The van der Waals surface area contributed by atoms with Crippen LogP contribution in [0.4, 0.5) is 0 Å². The van der Waals surface area contributed by atoms with Crippen LogP contribution < -0.4 is 9.92 Å². The van der Waals surface area contributed by atoms with Gasteiger partial charge in [0.05, 0.1) is 15.2 Å². The van der Waals surface area contributed by atoms with Gasteiger partial charge in [0.15, 0.2) is 0 Å². The van der Waals surface area contributed by atoms with Gasteiger partial charge in [-0.15, -0.1) is 0 Å². The maximum atomic E-state index is 5.30. The molecule has 0 aliphatic rings. The van der Waals surface area contributed by atoms with Crippen molar-refractivity contribution in [2.24, 2.45) is 0 Å². The van der Waals surface area contributed by atoms with Crippen LogP contribution in [0.1, 0.15) is 5.56 Å². The molecule has 0 bridgehead atoms. The zero-order valence-electron chi connectivity index (χ0n) is 9.14. The molecule has 0 saturated heterocycles. The molecule has 0 atom stereocenters. The van der Waals surface area contributed by atoms with Crippen molar-refractivity contribution in [3.63, 3.8) is 0 Å². The van der Waals surface area contributed by atoms with Crippen molar-refractivity contribution in [3.8, 4) is 5.75 Å². The molecule has 0 aliphatic heterocycles. The van der Waals surface area contributed by atoms with E-state index in [0.29, 0.717) is 0 Å². The fourth-order valence-corrected chi connectivity index (χ4v) is 2.43. The highest BCUT2D eigenvalue weighted by molar-refractivity contribution is 6.88. The Balaban J connectivity index is 3.14. The Hall–Kier alpha value is -0.763. The van der Waals surface area contributed by atoms with Gasteiger partial charge in [-0.3, -0.25) is 0 Å². The molecule has 0 N–H and O–H groups in total. The maximum Gasteiger partial charge on any atom is 0.121 e. The molecule has 0 fully saturated rings. The molecule has 0 aromatic heterocycles. The van der Waals surface area contributed by atoms with Gasteiger partial charge in [-0.2, -0.15) is 0 Å². The highest BCUT2D eigenvalue weighted by Gasteiger charge is 2.17. The van der Waals surface area contributed by atoms with E-state index in [0.717, 1.165) is 5.75 Å². The van der Waals surface area contributed by atoms with Crippen LogP contribution in [0.5, 0.6) is 5.75 Å². The van der Waals surface area contributed by atoms with Gasteiger partial charge in [0.25, 0.3) is 0 Å². The number of benzene rings is 1. The van der Waals surface area contributed by atoms with E-state index in [1.54, 1.807) is 7.11 Å². The minimum atomic E-state index is -1.18. The van der Waals surface area contributed by atoms with Gasteiger partial charge in [-0.1, -0.05) is 37.0 Å². The van der Waals surface area contributed by atoms with Crippen LogP contribution in [0.3, 0.4) is 0 Å². The number of hydrogen-bond acceptors (Lipinski definition) is 1. The normalized spacial score (nSPS) is 11.5. The first-order valence-corrected chi connectivity index (χ1v) is 8.10. The molecule has 0 saturated carbocycles. The second-order valence-electron chi connectivity index (χ2n) is 4.43. The molecule has 0 radical (unpaired) electrons. The van der Waals surface area contributed by atoms with Gasteiger partial charge < -0.3 is 4.74 Å². The fraction of sp³-hybridized carbons (Fsp3) is 0.455. The number of hydrogen-bond donors (Lipinski definition) is 0. The predicted octanol–water partition coefficient (Wildman–Crippen LogP) is 2.55. The Labute approximate surface area is 81.8 Å². The third-order valence-corrected chi connectivity index (χ3v) is 4.32. The highest BCUT2D eigenvalue weighted by atomic mass is 28.3. The molecule has 72 valence electrons. The molecule has 0 spiro atoms. The summed E-state index contributed by atoms with van der Waals surface area (Å²) in [4.78, 5) is 0. The lowest BCUT2D eigenvalue weighted by Crippen LogP contribution is -2.37. The topological polar surface area (TPSA) is 9.23 Å². The molecule has 0 unspecified atom stereocenters. The predicted molar refractivity (Wildman–Crippen MR) is 60.7 cm³/mol. The minimum absolute atomic E-state index is 1.01. The minimum Gasteiger partial charge on any atom is -0.496 e. The number of ether oxygens (including phenoxy) is 1. The van der Waals surface area contributed by atoms with Gasteiger partial charge in [-0.05, 0) is 18.6 Å². The first kappa shape index (κ1) is 10.3. The van der Waals surface area contributed by atoms with Gasteiger partial charge in [0, 0.05) is 0 Å². The molecule has 2 heteroatoms. The zero-order valence-corrected chi connectivity index (χ0v) is 10.1. The Morgan fingerprint density at radius 3 is 2.23 bits per heavy atom. The van der Waals surface area contributed by atoms with E-state index in [-0.39, 0.29) is 0 Å². The van der Waals surface area contributed by atoms with Gasteiger partial charge in [0.1, 0.15) is 5.75 Å². The standard InChI is InChI=1S/C11H18OSi/c1-9-6-7-10(13(3,4)5)8-11(9)12-2/h6-8H,1-5H3. The fourth-order valence-electron chi connectivity index (χ4n) is 1.29. The van der Waals surface area contributed by atoms with Crippen LogP contribution in [0.2, 0.25) is 19.6 Å². The lowest BCUT2D eigenvalue weighted by atomic mass is 10.2. The summed E-state index contributed by atoms with van der Waals surface area (Å²) in [5.41, 5.74) is 1.21. The Kier molecular flexibility index (Phi) is 2.81. The highest BCUT2D eigenvalue weighted by Crippen LogP contribution is 2.16. The third kappa shape index (κ3) is 2.34. The third-order valence-electron chi connectivity index (χ3n) is 2.27. The summed E-state index contributed by atoms with van der Waals surface area (Å²) in [7, 11) is 0.549. The van der Waals surface area contributed by atoms with E-state index in [2.05, 4.69) is 44.8 Å². The molecular formula is C11H18OSi. The smallest absolute Gasteiger partial charge is 0.121 e. The van der Waals surface area contributed by atoms with Crippen LogP contribution in [0.25, 0.3) is 0 Å². The van der Waals surface area contributed by atoms with Crippen molar-refractivity contribution in [1.29, 1.82) is 0 Å². The number of methoxy groups -OCH3 is 1. The van der Waals surface area contributed by atoms with E-state index in [9.17, 15) is 0 Å². The lowest BCUT2D eigenvalue weighted by molar-refractivity contribution is 0.412. The van der Waals surface area contributed by atoms with Crippen molar-refractivity contribution in [3.05, 3.63) is 23.8 Å². The first-order chi connectivity index (χ1) is 5.95. The quantitative estimate of drug-likeness (QED) is 0.657. The largest absolute Gasteiger partial charge is 0.496 e. The summed E-state index contributed by atoms with van der Waals surface area (Å²) in [6.45, 7) is 9.11. The maximum absolute atomic E-state index is 5.30. The lowest BCUT2D eigenvalue weighted by Gasteiger charge is -2.18. The molecule has 0 aliphatic carbocycles. The second kappa shape index (κ2) is 3.54. The molecular weight excluding hydrogens is 176 g/mol. The summed E-state index contributed by atoms with van der Waals surface area (Å²) in [6, 6.07) is 6.55. The van der Waals surface area contributed by atoms with E-state index < -0.39 is 8.07 Å². The van der Waals surface area contributed by atoms with Crippen LogP contribution in [-0.2, 0) is 0 Å². The summed E-state index contributed by atoms with van der Waals surface area (Å²) >= 11 is 0. The first-order valence-electron chi connectivity index (χ1n) is 4.60. The zero-order chi connectivity index (χ0) is 10.1. The van der Waals surface area contributed by atoms with E-state index in [1.165, 1.54) is 10.8 Å². The average molecular weight is 194 g/mol. The van der Waals surface area contributed by atoms with E-state index in [4.69, 9.17) is 4.74 Å². The van der Waals surface area contributed by atoms with E-state index in [1.807, 2.05) is 0 Å². The molecule has 1 nitrogen and oxygen atoms in total. The summed E-state index contributed by atoms with van der Waals surface area (Å²) in [5.74, 6) is 1.01. The molecule has 0 heterocycles. The van der Waals surface area contributed by atoms with E-state index >= 15 is 0 Å². The monoisotopic (exact) mass is 194 g/mol. The molecule has 1 aromatic carbocycles. The number of rotatable bonds is 2. The summed E-state index contributed by atoms with van der Waals surface area (Å²) in [6.07, 6.45) is 0. The summed E-state index contributed by atoms with van der Waals surface area (Å²) < 4.78 is 5.30. The SMILES string of the molecule is COc1cc([Si](C)(C)C)ccc1C. The summed E-state index contributed by atoms with van der Waals surface area (Å²) in [5, 5.41) is 1.45. The Morgan fingerprint density at radius 1 is 1.15 bits per heavy atom. The van der Waals surface area contributed by atoms with Gasteiger partial charge >= 0.3 is 0 Å². The molecule has 13 heavy (non-hydrogen) atoms. The van der Waals surface area contributed by atoms with Crippen molar-refractivity contribution < 1.29 is 4.74 Å². The molecule has 0 amide bonds. The second-order valence-corrected chi connectivity index (χ2v) is 9.51. The van der Waals surface area contributed by atoms with Crippen LogP contribution in [0, 0.1) is 6.92 Å². The Morgan fingerprint density at radius 2 is 1.77 bits per heavy atom. The van der Waals surface area contributed by atoms with Crippen LogP contribution >= 0.6 is 0 Å². The Bertz CT molecular complexity index is 299. The average Bonchev–Trinajstić information content (AvgIpc) is 2.03.